The first-order chi connectivity index (χ1) is 26.0. The van der Waals surface area contributed by atoms with Crippen LogP contribution in [0.3, 0.4) is 0 Å². The second kappa shape index (κ2) is 18.7. The molecule has 56 heavy (non-hydrogen) atoms. The summed E-state index contributed by atoms with van der Waals surface area (Å²) in [6, 6.07) is 27.8. The largest absolute Gasteiger partial charge is 0.460 e. The van der Waals surface area contributed by atoms with E-state index in [1.54, 1.807) is 46.8 Å². The number of alkyl halides is 9. The number of hydroxylamine groups is 2. The van der Waals surface area contributed by atoms with Crippen LogP contribution in [-0.2, 0) is 24.4 Å². The molecule has 0 saturated heterocycles. The summed E-state index contributed by atoms with van der Waals surface area (Å²) in [4.78, 5) is 18.2. The molecule has 0 aromatic heterocycles. The fourth-order valence-corrected chi connectivity index (χ4v) is 11.6. The zero-order valence-corrected chi connectivity index (χ0v) is 33.4. The minimum Gasteiger partial charge on any atom is -0.412 e. The molecule has 1 amide bonds. The van der Waals surface area contributed by atoms with Crippen molar-refractivity contribution in [2.75, 3.05) is 20.8 Å². The van der Waals surface area contributed by atoms with Crippen molar-refractivity contribution >= 4 is 14.2 Å². The van der Waals surface area contributed by atoms with E-state index in [0.717, 1.165) is 21.8 Å². The number of amides is 1. The highest BCUT2D eigenvalue weighted by atomic mass is 28.4. The number of carbonyl (C=O) groups excluding carboxylic acids is 1. The van der Waals surface area contributed by atoms with Crippen molar-refractivity contribution in [3.63, 3.8) is 0 Å². The Labute approximate surface area is 323 Å². The predicted octanol–water partition coefficient (Wildman–Crippen LogP) is 11.6. The van der Waals surface area contributed by atoms with Crippen LogP contribution in [0.5, 0.6) is 0 Å². The summed E-state index contributed by atoms with van der Waals surface area (Å²) in [5.74, 6) is -20.7. The van der Waals surface area contributed by atoms with Crippen molar-refractivity contribution in [3.8, 4) is 0 Å². The van der Waals surface area contributed by atoms with E-state index in [4.69, 9.17) is 14.0 Å². The van der Waals surface area contributed by atoms with Crippen LogP contribution in [0.25, 0.3) is 0 Å². The highest BCUT2D eigenvalue weighted by molar-refractivity contribution is 6.76. The zero-order valence-electron chi connectivity index (χ0n) is 32.4. The van der Waals surface area contributed by atoms with Crippen LogP contribution in [0.15, 0.2) is 103 Å². The van der Waals surface area contributed by atoms with Gasteiger partial charge in [-0.05, 0) is 39.7 Å². The fraction of sp³-hybridized carbons (Fsp3) is 0.488. The SMILES string of the molecule is CON(C)C(=O)C[C@@H](O[Si](CCC(F)(F)C(F)(F)C(F)(F)C(F)(F)F)(C(C)C)C(C)C)[C@@H](C)/C=C/COC(c1ccccc1)(c1ccccc1)c1ccccc1. The van der Waals surface area contributed by atoms with Gasteiger partial charge in [-0.15, -0.1) is 0 Å². The maximum Gasteiger partial charge on any atom is 0.460 e. The smallest absolute Gasteiger partial charge is 0.412 e. The van der Waals surface area contributed by atoms with Gasteiger partial charge in [0.05, 0.1) is 26.2 Å². The molecule has 0 unspecified atom stereocenters. The molecule has 5 nitrogen and oxygen atoms in total. The monoisotopic (exact) mass is 819 g/mol. The van der Waals surface area contributed by atoms with Crippen molar-refractivity contribution in [2.24, 2.45) is 5.92 Å². The van der Waals surface area contributed by atoms with Crippen LogP contribution < -0.4 is 0 Å². The minimum atomic E-state index is -7.00. The van der Waals surface area contributed by atoms with E-state index in [9.17, 15) is 44.3 Å². The maximum absolute atomic E-state index is 14.9. The minimum absolute atomic E-state index is 0.0211. The number of rotatable bonds is 20. The fourth-order valence-electron chi connectivity index (χ4n) is 6.85. The summed E-state index contributed by atoms with van der Waals surface area (Å²) in [6.07, 6.45) is -6.98. The van der Waals surface area contributed by atoms with Crippen molar-refractivity contribution < 1.29 is 58.3 Å². The van der Waals surface area contributed by atoms with E-state index >= 15 is 0 Å². The van der Waals surface area contributed by atoms with Gasteiger partial charge in [0.2, 0.25) is 5.91 Å². The van der Waals surface area contributed by atoms with Crippen LogP contribution in [0.2, 0.25) is 17.1 Å². The van der Waals surface area contributed by atoms with Crippen LogP contribution >= 0.6 is 0 Å². The van der Waals surface area contributed by atoms with Gasteiger partial charge < -0.3 is 9.16 Å². The highest BCUT2D eigenvalue weighted by Gasteiger charge is 2.81. The molecule has 0 bridgehead atoms. The van der Waals surface area contributed by atoms with Crippen molar-refractivity contribution in [3.05, 3.63) is 120 Å². The Morgan fingerprint density at radius 1 is 0.714 bits per heavy atom. The second-order valence-electron chi connectivity index (χ2n) is 14.4. The van der Waals surface area contributed by atoms with Gasteiger partial charge in [0.1, 0.15) is 5.60 Å². The van der Waals surface area contributed by atoms with Crippen LogP contribution in [0, 0.1) is 5.92 Å². The molecule has 0 radical (unpaired) electrons. The van der Waals surface area contributed by atoms with Gasteiger partial charge in [0.25, 0.3) is 0 Å². The second-order valence-corrected chi connectivity index (χ2v) is 19.4. The van der Waals surface area contributed by atoms with Crippen LogP contribution in [0.1, 0.15) is 64.2 Å². The van der Waals surface area contributed by atoms with Crippen molar-refractivity contribution in [2.45, 2.75) is 100 Å². The third-order valence-electron chi connectivity index (χ3n) is 10.3. The summed E-state index contributed by atoms with van der Waals surface area (Å²) in [5.41, 5.74) is 0.193. The summed E-state index contributed by atoms with van der Waals surface area (Å²) < 4.78 is 138. The van der Waals surface area contributed by atoms with E-state index in [1.807, 2.05) is 91.0 Å². The Morgan fingerprint density at radius 3 is 1.52 bits per heavy atom. The number of hydrogen-bond acceptors (Lipinski definition) is 4. The van der Waals surface area contributed by atoms with Crippen molar-refractivity contribution in [1.82, 2.24) is 5.06 Å². The molecule has 15 heteroatoms. The molecule has 3 aromatic rings. The number of halogens is 9. The normalized spacial score (nSPS) is 14.8. The number of benzene rings is 3. The van der Waals surface area contributed by atoms with E-state index in [-0.39, 0.29) is 13.0 Å². The number of hydrogen-bond donors (Lipinski definition) is 0. The molecule has 0 heterocycles. The third-order valence-corrected chi connectivity index (χ3v) is 16.0. The maximum atomic E-state index is 14.9. The molecule has 2 atom stereocenters. The molecule has 0 aliphatic carbocycles. The lowest BCUT2D eigenvalue weighted by Crippen LogP contribution is -2.61. The lowest BCUT2D eigenvalue weighted by Gasteiger charge is -2.44. The van der Waals surface area contributed by atoms with Gasteiger partial charge in [-0.25, -0.2) is 5.06 Å². The molecule has 0 fully saturated rings. The van der Waals surface area contributed by atoms with Gasteiger partial charge in [-0.3, -0.25) is 9.63 Å². The first kappa shape index (κ1) is 46.7. The molecule has 0 N–H and O–H groups in total. The quantitative estimate of drug-likeness (QED) is 0.0375. The Bertz CT molecular complexity index is 1590. The van der Waals surface area contributed by atoms with Gasteiger partial charge in [-0.2, -0.15) is 39.5 Å². The Hall–Kier alpha value is -3.66. The lowest BCUT2D eigenvalue weighted by atomic mass is 9.80. The number of ether oxygens (including phenoxy) is 1. The Balaban J connectivity index is 2.01. The molecule has 0 saturated carbocycles. The number of carbonyl (C=O) groups is 1. The average molecular weight is 820 g/mol. The molecule has 3 aromatic carbocycles. The van der Waals surface area contributed by atoms with Crippen LogP contribution in [0.4, 0.5) is 39.5 Å². The summed E-state index contributed by atoms with van der Waals surface area (Å²) in [6.45, 7) is 8.03. The Morgan fingerprint density at radius 2 is 1.14 bits per heavy atom. The summed E-state index contributed by atoms with van der Waals surface area (Å²) in [7, 11) is -1.23. The zero-order chi connectivity index (χ0) is 42.2. The van der Waals surface area contributed by atoms with Gasteiger partial charge in [0, 0.05) is 13.5 Å². The average Bonchev–Trinajstić information content (AvgIpc) is 3.15. The molecular weight excluding hydrogens is 770 g/mol. The predicted molar refractivity (Wildman–Crippen MR) is 199 cm³/mol. The topological polar surface area (TPSA) is 48.0 Å². The molecule has 310 valence electrons. The van der Waals surface area contributed by atoms with Gasteiger partial charge in [-0.1, -0.05) is 138 Å². The summed E-state index contributed by atoms with van der Waals surface area (Å²) >= 11 is 0. The lowest BCUT2D eigenvalue weighted by molar-refractivity contribution is -0.396. The third kappa shape index (κ3) is 9.88. The van der Waals surface area contributed by atoms with Gasteiger partial charge >= 0.3 is 23.9 Å². The van der Waals surface area contributed by atoms with E-state index < -0.39 is 79.3 Å². The highest BCUT2D eigenvalue weighted by Crippen LogP contribution is 2.55. The molecular formula is C41H50F9NO4Si. The Kier molecular flexibility index (Phi) is 15.6. The van der Waals surface area contributed by atoms with Gasteiger partial charge in [0.15, 0.2) is 8.32 Å². The molecule has 0 spiro atoms. The van der Waals surface area contributed by atoms with Crippen molar-refractivity contribution in [1.29, 1.82) is 0 Å². The van der Waals surface area contributed by atoms with E-state index in [2.05, 4.69) is 0 Å². The molecule has 0 aliphatic heterocycles. The van der Waals surface area contributed by atoms with E-state index in [0.29, 0.717) is 0 Å². The first-order valence-corrected chi connectivity index (χ1v) is 20.4. The van der Waals surface area contributed by atoms with Crippen LogP contribution in [-0.4, -0.2) is 70.1 Å². The molecule has 0 aliphatic rings. The standard InChI is InChI=1S/C41H50F9NO4Si/c1-29(2)56(30(3)4,27-25-37(42,43)39(44,45)40(46,47)41(48,49)50)55-35(28-36(52)51(6)53-7)31(5)18-17-26-54-38(32-19-11-8-12-20-32,33-21-13-9-14-22-33)34-23-15-10-16-24-34/h8-24,29-31,35H,25-28H2,1-7H3/b18-17+/t31-,35+/m0/s1. The molecule has 3 rings (SSSR count). The van der Waals surface area contributed by atoms with E-state index in [1.165, 1.54) is 14.2 Å². The first-order valence-electron chi connectivity index (χ1n) is 18.2. The summed E-state index contributed by atoms with van der Waals surface area (Å²) in [5, 5.41) is 0.922. The number of nitrogens with zero attached hydrogens (tertiary/aromatic N) is 1.